The topological polar surface area (TPSA) is 45.0 Å². The molecule has 110 valence electrons. The summed E-state index contributed by atoms with van der Waals surface area (Å²) in [6.45, 7) is 2.48. The smallest absolute Gasteiger partial charge is 0.279 e. The molecule has 0 bridgehead atoms. The zero-order valence-corrected chi connectivity index (χ0v) is 12.0. The lowest BCUT2D eigenvalue weighted by Crippen LogP contribution is -2.29. The van der Waals surface area contributed by atoms with E-state index in [0.717, 1.165) is 11.3 Å². The summed E-state index contributed by atoms with van der Waals surface area (Å²) in [7, 11) is 0. The second-order valence-corrected chi connectivity index (χ2v) is 4.81. The van der Waals surface area contributed by atoms with Crippen LogP contribution in [0.1, 0.15) is 18.1 Å². The van der Waals surface area contributed by atoms with Gasteiger partial charge in [0, 0.05) is 12.1 Å². The fraction of sp³-hybridized carbons (Fsp3) is 0.118. The van der Waals surface area contributed by atoms with Crippen molar-refractivity contribution >= 4 is 23.5 Å². The maximum absolute atomic E-state index is 13.1. The summed E-state index contributed by atoms with van der Waals surface area (Å²) in [5, 5.41) is 7.97. The van der Waals surface area contributed by atoms with E-state index in [0.29, 0.717) is 17.8 Å². The second-order valence-electron chi connectivity index (χ2n) is 4.81. The van der Waals surface area contributed by atoms with Gasteiger partial charge < -0.3 is 4.90 Å². The number of benzene rings is 2. The number of fused-ring (bicyclic) bond motifs is 1. The summed E-state index contributed by atoms with van der Waals surface area (Å²) in [4.78, 5) is 14.0. The number of rotatable bonds is 3. The van der Waals surface area contributed by atoms with E-state index in [9.17, 15) is 9.18 Å². The van der Waals surface area contributed by atoms with Gasteiger partial charge in [-0.3, -0.25) is 4.79 Å². The summed E-state index contributed by atoms with van der Waals surface area (Å²) < 4.78 is 13.1. The molecule has 1 aliphatic rings. The van der Waals surface area contributed by atoms with Crippen molar-refractivity contribution in [3.8, 4) is 0 Å². The van der Waals surface area contributed by atoms with Crippen molar-refractivity contribution in [2.75, 3.05) is 11.4 Å². The Balaban J connectivity index is 1.93. The maximum atomic E-state index is 13.1. The molecule has 2 aromatic carbocycles. The number of para-hydroxylation sites is 1. The van der Waals surface area contributed by atoms with Crippen LogP contribution in [-0.4, -0.2) is 24.4 Å². The summed E-state index contributed by atoms with van der Waals surface area (Å²) in [5.41, 5.74) is 2.51. The number of hydrogen-bond acceptors (Lipinski definition) is 3. The molecule has 1 heterocycles. The minimum absolute atomic E-state index is 0.167. The van der Waals surface area contributed by atoms with Crippen molar-refractivity contribution in [2.24, 2.45) is 10.2 Å². The first-order valence-corrected chi connectivity index (χ1v) is 6.98. The lowest BCUT2D eigenvalue weighted by atomic mass is 10.1. The van der Waals surface area contributed by atoms with Gasteiger partial charge in [-0.15, -0.1) is 5.10 Å². The van der Waals surface area contributed by atoms with Crippen LogP contribution in [0.25, 0.3) is 0 Å². The molecule has 0 fully saturated rings. The predicted molar refractivity (Wildman–Crippen MR) is 85.0 cm³/mol. The van der Waals surface area contributed by atoms with Gasteiger partial charge in [0.25, 0.3) is 5.91 Å². The standard InChI is InChI=1S/C17H14FN3O/c1-2-21-15-9-4-3-8-14(15)16(17(21)22)20-19-11-12-6-5-7-13(18)10-12/h3-11H,2H2,1H3/b19-11-,20-16+. The Kier molecular flexibility index (Phi) is 3.78. The molecule has 3 rings (SSSR count). The van der Waals surface area contributed by atoms with Crippen LogP contribution >= 0.6 is 0 Å². The van der Waals surface area contributed by atoms with Gasteiger partial charge in [-0.2, -0.15) is 5.10 Å². The van der Waals surface area contributed by atoms with Crippen molar-refractivity contribution in [1.29, 1.82) is 0 Å². The first-order chi connectivity index (χ1) is 10.7. The van der Waals surface area contributed by atoms with Gasteiger partial charge in [-0.25, -0.2) is 4.39 Å². The molecule has 0 saturated carbocycles. The van der Waals surface area contributed by atoms with Crippen molar-refractivity contribution in [3.63, 3.8) is 0 Å². The van der Waals surface area contributed by atoms with Crippen LogP contribution in [0.4, 0.5) is 10.1 Å². The molecule has 1 amide bonds. The Morgan fingerprint density at radius 3 is 2.77 bits per heavy atom. The fourth-order valence-corrected chi connectivity index (χ4v) is 2.41. The van der Waals surface area contributed by atoms with E-state index in [1.54, 1.807) is 17.0 Å². The van der Waals surface area contributed by atoms with Crippen molar-refractivity contribution in [2.45, 2.75) is 6.92 Å². The Labute approximate surface area is 127 Å². The van der Waals surface area contributed by atoms with Gasteiger partial charge in [-0.05, 0) is 30.7 Å². The predicted octanol–water partition coefficient (Wildman–Crippen LogP) is 3.02. The minimum Gasteiger partial charge on any atom is -0.307 e. The van der Waals surface area contributed by atoms with Gasteiger partial charge in [0.15, 0.2) is 5.71 Å². The zero-order valence-electron chi connectivity index (χ0n) is 12.0. The quantitative estimate of drug-likeness (QED) is 0.634. The van der Waals surface area contributed by atoms with E-state index in [2.05, 4.69) is 10.2 Å². The monoisotopic (exact) mass is 295 g/mol. The van der Waals surface area contributed by atoms with Crippen LogP contribution in [0.15, 0.2) is 58.7 Å². The number of carbonyl (C=O) groups excluding carboxylic acids is 1. The molecule has 0 aliphatic carbocycles. The van der Waals surface area contributed by atoms with Crippen molar-refractivity contribution in [3.05, 3.63) is 65.5 Å². The SMILES string of the molecule is CCN1C(=O)/C(=N/N=C\c2cccc(F)c2)c2ccccc21. The molecule has 2 aromatic rings. The van der Waals surface area contributed by atoms with Crippen LogP contribution in [0, 0.1) is 5.82 Å². The average molecular weight is 295 g/mol. The first kappa shape index (κ1) is 14.1. The van der Waals surface area contributed by atoms with E-state index in [4.69, 9.17) is 0 Å². The largest absolute Gasteiger partial charge is 0.307 e. The van der Waals surface area contributed by atoms with E-state index in [1.165, 1.54) is 18.3 Å². The molecule has 0 spiro atoms. The molecular formula is C17H14FN3O. The first-order valence-electron chi connectivity index (χ1n) is 6.98. The number of anilines is 1. The molecule has 0 saturated heterocycles. The van der Waals surface area contributed by atoms with Gasteiger partial charge >= 0.3 is 0 Å². The Bertz CT molecular complexity index is 783. The third kappa shape index (κ3) is 2.53. The average Bonchev–Trinajstić information content (AvgIpc) is 2.79. The summed E-state index contributed by atoms with van der Waals surface area (Å²) in [6.07, 6.45) is 1.43. The highest BCUT2D eigenvalue weighted by Gasteiger charge is 2.32. The Morgan fingerprint density at radius 1 is 1.18 bits per heavy atom. The Hall–Kier alpha value is -2.82. The number of hydrogen-bond donors (Lipinski definition) is 0. The molecule has 0 radical (unpaired) electrons. The summed E-state index contributed by atoms with van der Waals surface area (Å²) >= 11 is 0. The third-order valence-corrected chi connectivity index (χ3v) is 3.43. The number of amides is 1. The molecule has 0 N–H and O–H groups in total. The van der Waals surface area contributed by atoms with Crippen LogP contribution in [0.2, 0.25) is 0 Å². The van der Waals surface area contributed by atoms with Crippen LogP contribution in [0.3, 0.4) is 0 Å². The highest BCUT2D eigenvalue weighted by Crippen LogP contribution is 2.28. The molecule has 22 heavy (non-hydrogen) atoms. The van der Waals surface area contributed by atoms with Gasteiger partial charge in [0.05, 0.1) is 11.9 Å². The van der Waals surface area contributed by atoms with Crippen molar-refractivity contribution < 1.29 is 9.18 Å². The maximum Gasteiger partial charge on any atom is 0.279 e. The van der Waals surface area contributed by atoms with Crippen LogP contribution in [-0.2, 0) is 4.79 Å². The number of likely N-dealkylation sites (N-methyl/N-ethyl adjacent to an activating group) is 1. The second kappa shape index (κ2) is 5.89. The van der Waals surface area contributed by atoms with Gasteiger partial charge in [-0.1, -0.05) is 30.3 Å². The summed E-state index contributed by atoms with van der Waals surface area (Å²) in [5.74, 6) is -0.504. The molecule has 0 unspecified atom stereocenters. The lowest BCUT2D eigenvalue weighted by Gasteiger charge is -2.12. The fourth-order valence-electron chi connectivity index (χ4n) is 2.41. The van der Waals surface area contributed by atoms with E-state index >= 15 is 0 Å². The Morgan fingerprint density at radius 2 is 2.00 bits per heavy atom. The van der Waals surface area contributed by atoms with Crippen LogP contribution < -0.4 is 4.90 Å². The van der Waals surface area contributed by atoms with Crippen LogP contribution in [0.5, 0.6) is 0 Å². The van der Waals surface area contributed by atoms with E-state index < -0.39 is 0 Å². The zero-order chi connectivity index (χ0) is 15.5. The van der Waals surface area contributed by atoms with E-state index in [1.807, 2.05) is 31.2 Å². The molecule has 0 aromatic heterocycles. The number of nitrogens with zero attached hydrogens (tertiary/aromatic N) is 3. The molecule has 5 heteroatoms. The lowest BCUT2D eigenvalue weighted by molar-refractivity contribution is -0.112. The normalized spacial score (nSPS) is 15.8. The highest BCUT2D eigenvalue weighted by molar-refractivity contribution is 6.54. The third-order valence-electron chi connectivity index (χ3n) is 3.43. The molecule has 0 atom stereocenters. The van der Waals surface area contributed by atoms with Gasteiger partial charge in [0.2, 0.25) is 0 Å². The number of halogens is 1. The minimum atomic E-state index is -0.337. The van der Waals surface area contributed by atoms with E-state index in [-0.39, 0.29) is 11.7 Å². The molecule has 4 nitrogen and oxygen atoms in total. The molecule has 1 aliphatic heterocycles. The highest BCUT2D eigenvalue weighted by atomic mass is 19.1. The summed E-state index contributed by atoms with van der Waals surface area (Å²) in [6, 6.07) is 13.5. The molecular weight excluding hydrogens is 281 g/mol. The van der Waals surface area contributed by atoms with Gasteiger partial charge in [0.1, 0.15) is 5.82 Å². The van der Waals surface area contributed by atoms with Crippen molar-refractivity contribution in [1.82, 2.24) is 0 Å². The number of carbonyl (C=O) groups is 1.